The summed E-state index contributed by atoms with van der Waals surface area (Å²) in [4.78, 5) is 0. The maximum absolute atomic E-state index is 9.08. The van der Waals surface area contributed by atoms with Crippen molar-refractivity contribution >= 4 is 0 Å². The van der Waals surface area contributed by atoms with Crippen molar-refractivity contribution in [3.8, 4) is 0 Å². The fourth-order valence-electron chi connectivity index (χ4n) is 0.597. The molecule has 0 aliphatic carbocycles. The Hall–Kier alpha value is -0.600. The first-order chi connectivity index (χ1) is 4.70. The molecule has 0 amide bonds. The van der Waals surface area contributed by atoms with Gasteiger partial charge in [0.15, 0.2) is 0 Å². The summed E-state index contributed by atoms with van der Waals surface area (Å²) in [6.07, 6.45) is 4.47. The Kier molecular flexibility index (Phi) is 4.89. The fourth-order valence-corrected chi connectivity index (χ4v) is 0.597. The zero-order valence-electron chi connectivity index (χ0n) is 6.41. The third kappa shape index (κ3) is 4.30. The van der Waals surface area contributed by atoms with Crippen LogP contribution in [0.5, 0.6) is 0 Å². The van der Waals surface area contributed by atoms with Crippen molar-refractivity contribution in [2.75, 3.05) is 6.61 Å². The van der Waals surface area contributed by atoms with Crippen molar-refractivity contribution < 1.29 is 10.2 Å². The maximum atomic E-state index is 9.08. The van der Waals surface area contributed by atoms with E-state index in [0.717, 1.165) is 5.57 Å². The molecule has 0 heterocycles. The van der Waals surface area contributed by atoms with Crippen LogP contribution in [0.4, 0.5) is 0 Å². The topological polar surface area (TPSA) is 40.5 Å². The summed E-state index contributed by atoms with van der Waals surface area (Å²) >= 11 is 0. The van der Waals surface area contributed by atoms with Crippen LogP contribution in [-0.4, -0.2) is 22.9 Å². The first-order valence-electron chi connectivity index (χ1n) is 3.29. The van der Waals surface area contributed by atoms with Crippen LogP contribution in [0.3, 0.4) is 0 Å². The van der Waals surface area contributed by atoms with Crippen molar-refractivity contribution in [2.24, 2.45) is 0 Å². The summed E-state index contributed by atoms with van der Waals surface area (Å²) in [5.41, 5.74) is 0.783. The van der Waals surface area contributed by atoms with Gasteiger partial charge in [0.25, 0.3) is 0 Å². The van der Waals surface area contributed by atoms with Gasteiger partial charge in [-0.15, -0.1) is 0 Å². The molecule has 0 aromatic heterocycles. The summed E-state index contributed by atoms with van der Waals surface area (Å²) in [5, 5.41) is 17.6. The van der Waals surface area contributed by atoms with Crippen LogP contribution in [0.25, 0.3) is 0 Å². The van der Waals surface area contributed by atoms with Crippen molar-refractivity contribution in [2.45, 2.75) is 20.0 Å². The van der Waals surface area contributed by atoms with Crippen LogP contribution in [-0.2, 0) is 0 Å². The molecule has 0 aliphatic rings. The van der Waals surface area contributed by atoms with Crippen molar-refractivity contribution in [1.29, 1.82) is 0 Å². The molecule has 0 saturated carbocycles. The third-order valence-electron chi connectivity index (χ3n) is 1.09. The molecule has 58 valence electrons. The van der Waals surface area contributed by atoms with Gasteiger partial charge in [-0.1, -0.05) is 18.2 Å². The molecule has 2 heteroatoms. The second-order valence-electron chi connectivity index (χ2n) is 2.19. The van der Waals surface area contributed by atoms with E-state index in [-0.39, 0.29) is 6.61 Å². The van der Waals surface area contributed by atoms with Crippen molar-refractivity contribution in [3.63, 3.8) is 0 Å². The van der Waals surface area contributed by atoms with E-state index in [9.17, 15) is 0 Å². The molecule has 0 aromatic carbocycles. The minimum absolute atomic E-state index is 0.00855. The summed E-state index contributed by atoms with van der Waals surface area (Å²) in [5.74, 6) is 0. The van der Waals surface area contributed by atoms with E-state index >= 15 is 0 Å². The van der Waals surface area contributed by atoms with Crippen LogP contribution >= 0.6 is 0 Å². The van der Waals surface area contributed by atoms with Gasteiger partial charge in [-0.25, -0.2) is 0 Å². The summed E-state index contributed by atoms with van der Waals surface area (Å²) in [6, 6.07) is 0. The lowest BCUT2D eigenvalue weighted by Gasteiger charge is -1.98. The van der Waals surface area contributed by atoms with Gasteiger partial charge < -0.3 is 10.2 Å². The Morgan fingerprint density at radius 1 is 1.60 bits per heavy atom. The van der Waals surface area contributed by atoms with E-state index in [1.807, 2.05) is 6.92 Å². The fraction of sp³-hybridized carbons (Fsp3) is 0.500. The molecule has 1 unspecified atom stereocenters. The molecule has 2 N–H and O–H groups in total. The lowest BCUT2D eigenvalue weighted by Crippen LogP contribution is -1.98. The molecule has 0 radical (unpaired) electrons. The van der Waals surface area contributed by atoms with Crippen LogP contribution in [0.1, 0.15) is 13.8 Å². The average Bonchev–Trinajstić information content (AvgIpc) is 1.88. The van der Waals surface area contributed by atoms with E-state index in [0.29, 0.717) is 0 Å². The first kappa shape index (κ1) is 9.40. The Morgan fingerprint density at radius 3 is 2.60 bits per heavy atom. The van der Waals surface area contributed by atoms with Gasteiger partial charge in [0.2, 0.25) is 0 Å². The Labute approximate surface area is 61.5 Å². The monoisotopic (exact) mass is 142 g/mol. The Balaban J connectivity index is 3.86. The number of aliphatic hydroxyl groups excluding tert-OH is 2. The number of allylic oxidation sites excluding steroid dienone is 1. The lowest BCUT2D eigenvalue weighted by atomic mass is 10.2. The zero-order chi connectivity index (χ0) is 7.98. The molecule has 0 rings (SSSR count). The largest absolute Gasteiger partial charge is 0.392 e. The lowest BCUT2D eigenvalue weighted by molar-refractivity contribution is 0.266. The molecule has 0 aromatic rings. The molecular weight excluding hydrogens is 128 g/mol. The minimum Gasteiger partial charge on any atom is -0.392 e. The van der Waals surface area contributed by atoms with Crippen LogP contribution in [0, 0.1) is 0 Å². The highest BCUT2D eigenvalue weighted by atomic mass is 16.3. The Morgan fingerprint density at radius 2 is 2.20 bits per heavy atom. The van der Waals surface area contributed by atoms with Gasteiger partial charge in [-0.2, -0.15) is 0 Å². The molecular formula is C8H14O2. The van der Waals surface area contributed by atoms with Crippen LogP contribution in [0.15, 0.2) is 23.8 Å². The number of aliphatic hydroxyl groups is 2. The highest BCUT2D eigenvalue weighted by Crippen LogP contribution is 1.95. The third-order valence-corrected chi connectivity index (χ3v) is 1.09. The molecule has 0 spiro atoms. The molecule has 0 saturated heterocycles. The summed E-state index contributed by atoms with van der Waals surface area (Å²) in [7, 11) is 0. The standard InChI is InChI=1S/C8H14O2/c1-3-4-8(10)5-7(2)6-9/h3-5,8-10H,6H2,1-2H3. The molecule has 10 heavy (non-hydrogen) atoms. The quantitative estimate of drug-likeness (QED) is 0.574. The molecule has 0 bridgehead atoms. The number of hydrogen-bond acceptors (Lipinski definition) is 2. The Bertz CT molecular complexity index is 136. The number of hydrogen-bond donors (Lipinski definition) is 2. The smallest absolute Gasteiger partial charge is 0.0905 e. The second kappa shape index (κ2) is 5.21. The molecule has 1 atom stereocenters. The summed E-state index contributed by atoms with van der Waals surface area (Å²) < 4.78 is 0. The molecule has 0 aliphatic heterocycles. The maximum Gasteiger partial charge on any atom is 0.0905 e. The highest BCUT2D eigenvalue weighted by Gasteiger charge is 1.92. The average molecular weight is 142 g/mol. The van der Waals surface area contributed by atoms with Gasteiger partial charge in [-0.3, -0.25) is 0 Å². The molecule has 2 nitrogen and oxygen atoms in total. The van der Waals surface area contributed by atoms with Gasteiger partial charge in [-0.05, 0) is 19.4 Å². The normalized spacial score (nSPS) is 16.2. The predicted octanol–water partition coefficient (Wildman–Crippen LogP) is 0.862. The van der Waals surface area contributed by atoms with Gasteiger partial charge >= 0.3 is 0 Å². The van der Waals surface area contributed by atoms with Crippen LogP contribution in [0.2, 0.25) is 0 Å². The highest BCUT2D eigenvalue weighted by molar-refractivity contribution is 5.07. The number of rotatable bonds is 3. The van der Waals surface area contributed by atoms with Gasteiger partial charge in [0.05, 0.1) is 12.7 Å². The minimum atomic E-state index is -0.558. The molecule has 0 fully saturated rings. The van der Waals surface area contributed by atoms with Crippen molar-refractivity contribution in [1.82, 2.24) is 0 Å². The van der Waals surface area contributed by atoms with Crippen molar-refractivity contribution in [3.05, 3.63) is 23.8 Å². The van der Waals surface area contributed by atoms with Crippen LogP contribution < -0.4 is 0 Å². The van der Waals surface area contributed by atoms with E-state index in [1.54, 1.807) is 25.2 Å². The van der Waals surface area contributed by atoms with Gasteiger partial charge in [0, 0.05) is 0 Å². The zero-order valence-corrected chi connectivity index (χ0v) is 6.41. The van der Waals surface area contributed by atoms with E-state index < -0.39 is 6.10 Å². The van der Waals surface area contributed by atoms with E-state index in [1.165, 1.54) is 0 Å². The SMILES string of the molecule is CC=CC(O)C=C(C)CO. The summed E-state index contributed by atoms with van der Waals surface area (Å²) in [6.45, 7) is 3.62. The predicted molar refractivity (Wildman–Crippen MR) is 41.7 cm³/mol. The van der Waals surface area contributed by atoms with E-state index in [2.05, 4.69) is 0 Å². The first-order valence-corrected chi connectivity index (χ1v) is 3.29. The van der Waals surface area contributed by atoms with E-state index in [4.69, 9.17) is 10.2 Å². The van der Waals surface area contributed by atoms with Gasteiger partial charge in [0.1, 0.15) is 0 Å². The second-order valence-corrected chi connectivity index (χ2v) is 2.19.